The van der Waals surface area contributed by atoms with Gasteiger partial charge in [0.1, 0.15) is 6.10 Å². The number of rotatable bonds is 3. The number of hydrogen-bond donors (Lipinski definition) is 1. The van der Waals surface area contributed by atoms with Gasteiger partial charge in [-0.2, -0.15) is 4.39 Å². The van der Waals surface area contributed by atoms with Gasteiger partial charge >= 0.3 is 0 Å². The zero-order valence-corrected chi connectivity index (χ0v) is 14.2. The first-order valence-corrected chi connectivity index (χ1v) is 9.08. The van der Waals surface area contributed by atoms with Crippen LogP contribution >= 0.6 is 0 Å². The minimum atomic E-state index is -0.755. The second-order valence-corrected chi connectivity index (χ2v) is 7.03. The third-order valence-corrected chi connectivity index (χ3v) is 5.19. The van der Waals surface area contributed by atoms with Gasteiger partial charge in [0, 0.05) is 38.7 Å². The van der Waals surface area contributed by atoms with Crippen LogP contribution in [0.2, 0.25) is 0 Å². The van der Waals surface area contributed by atoms with Crippen LogP contribution in [0, 0.1) is 5.82 Å². The van der Waals surface area contributed by atoms with Gasteiger partial charge in [0.05, 0.1) is 5.69 Å². The molecule has 7 nitrogen and oxygen atoms in total. The maximum atomic E-state index is 13.9. The number of aromatic nitrogens is 2. The van der Waals surface area contributed by atoms with Gasteiger partial charge in [-0.25, -0.2) is 4.98 Å². The quantitative estimate of drug-likeness (QED) is 0.880. The number of carbonyl (C=O) groups is 1. The third-order valence-electron chi connectivity index (χ3n) is 5.19. The molecule has 2 aliphatic heterocycles. The fourth-order valence-electron chi connectivity index (χ4n) is 3.52. The SMILES string of the molecule is O=C(C1CCCCO1)N1CCN(c2nc(C3CC3)c(F)c(=O)[nH]2)CC1. The molecule has 1 saturated carbocycles. The number of nitrogens with zero attached hydrogens (tertiary/aromatic N) is 3. The smallest absolute Gasteiger partial charge is 0.288 e. The Labute approximate surface area is 145 Å². The standard InChI is InChI=1S/C17H23FN4O3/c18-13-14(11-4-5-11)19-17(20-15(13)23)22-8-6-21(7-9-22)16(24)12-3-1-2-10-25-12/h11-12H,1-10H2,(H,19,20,23). The molecule has 136 valence electrons. The monoisotopic (exact) mass is 350 g/mol. The van der Waals surface area contributed by atoms with Crippen LogP contribution in [0.15, 0.2) is 4.79 Å². The number of H-pyrrole nitrogens is 1. The van der Waals surface area contributed by atoms with E-state index in [0.29, 0.717) is 38.7 Å². The summed E-state index contributed by atoms with van der Waals surface area (Å²) < 4.78 is 19.5. The van der Waals surface area contributed by atoms with Gasteiger partial charge in [-0.3, -0.25) is 14.6 Å². The van der Waals surface area contributed by atoms with Crippen molar-refractivity contribution in [2.75, 3.05) is 37.7 Å². The minimum Gasteiger partial charge on any atom is -0.368 e. The topological polar surface area (TPSA) is 78.5 Å². The van der Waals surface area contributed by atoms with Crippen molar-refractivity contribution in [3.05, 3.63) is 21.9 Å². The second kappa shape index (κ2) is 6.74. The van der Waals surface area contributed by atoms with Crippen molar-refractivity contribution in [2.24, 2.45) is 0 Å². The van der Waals surface area contributed by atoms with Crippen molar-refractivity contribution in [1.82, 2.24) is 14.9 Å². The molecule has 0 aromatic carbocycles. The van der Waals surface area contributed by atoms with Gasteiger partial charge in [0.15, 0.2) is 0 Å². The summed E-state index contributed by atoms with van der Waals surface area (Å²) in [5, 5.41) is 0. The molecule has 1 aromatic rings. The van der Waals surface area contributed by atoms with Crippen LogP contribution in [-0.4, -0.2) is 59.7 Å². The van der Waals surface area contributed by atoms with Gasteiger partial charge in [-0.15, -0.1) is 0 Å². The maximum Gasteiger partial charge on any atom is 0.288 e. The van der Waals surface area contributed by atoms with Crippen LogP contribution in [0.25, 0.3) is 0 Å². The van der Waals surface area contributed by atoms with E-state index in [9.17, 15) is 14.0 Å². The van der Waals surface area contributed by atoms with Crippen molar-refractivity contribution in [3.8, 4) is 0 Å². The number of aromatic amines is 1. The molecule has 3 fully saturated rings. The zero-order valence-electron chi connectivity index (χ0n) is 14.2. The van der Waals surface area contributed by atoms with Gasteiger partial charge < -0.3 is 14.5 Å². The van der Waals surface area contributed by atoms with Gasteiger partial charge in [-0.05, 0) is 32.1 Å². The summed E-state index contributed by atoms with van der Waals surface area (Å²) in [5.41, 5.74) is -0.422. The highest BCUT2D eigenvalue weighted by molar-refractivity contribution is 5.81. The molecule has 1 N–H and O–H groups in total. The van der Waals surface area contributed by atoms with E-state index in [1.165, 1.54) is 0 Å². The van der Waals surface area contributed by atoms with Gasteiger partial charge in [0.2, 0.25) is 11.8 Å². The van der Waals surface area contributed by atoms with Crippen LogP contribution < -0.4 is 10.5 Å². The summed E-state index contributed by atoms with van der Waals surface area (Å²) in [5.74, 6) is -0.213. The van der Waals surface area contributed by atoms with E-state index in [-0.39, 0.29) is 23.6 Å². The first-order valence-electron chi connectivity index (χ1n) is 9.08. The fraction of sp³-hybridized carbons (Fsp3) is 0.706. The van der Waals surface area contributed by atoms with Crippen molar-refractivity contribution in [3.63, 3.8) is 0 Å². The Morgan fingerprint density at radius 3 is 2.56 bits per heavy atom. The van der Waals surface area contributed by atoms with Gasteiger partial charge in [0.25, 0.3) is 11.5 Å². The molecule has 1 unspecified atom stereocenters. The highest BCUT2D eigenvalue weighted by Gasteiger charge is 2.32. The van der Waals surface area contributed by atoms with E-state index in [4.69, 9.17) is 4.74 Å². The molecule has 8 heteroatoms. The summed E-state index contributed by atoms with van der Waals surface area (Å²) >= 11 is 0. The average Bonchev–Trinajstić information content (AvgIpc) is 3.49. The normalized spacial score (nSPS) is 24.4. The Morgan fingerprint density at radius 2 is 1.92 bits per heavy atom. The molecule has 25 heavy (non-hydrogen) atoms. The van der Waals surface area contributed by atoms with E-state index >= 15 is 0 Å². The van der Waals surface area contributed by atoms with E-state index in [1.807, 2.05) is 9.80 Å². The highest BCUT2D eigenvalue weighted by Crippen LogP contribution is 2.39. The molecule has 3 aliphatic rings. The molecule has 1 aliphatic carbocycles. The molecule has 2 saturated heterocycles. The highest BCUT2D eigenvalue weighted by atomic mass is 19.1. The molecule has 3 heterocycles. The fourth-order valence-corrected chi connectivity index (χ4v) is 3.52. The summed E-state index contributed by atoms with van der Waals surface area (Å²) in [7, 11) is 0. The second-order valence-electron chi connectivity index (χ2n) is 7.03. The molecular formula is C17H23FN4O3. The number of halogens is 1. The molecule has 1 amide bonds. The maximum absolute atomic E-state index is 13.9. The first kappa shape index (κ1) is 16.5. The predicted molar refractivity (Wildman–Crippen MR) is 89.2 cm³/mol. The predicted octanol–water partition coefficient (Wildman–Crippen LogP) is 1.00. The minimum absolute atomic E-state index is 0.0542. The van der Waals surface area contributed by atoms with Crippen molar-refractivity contribution in [2.45, 2.75) is 44.1 Å². The number of anilines is 1. The Bertz CT molecular complexity index is 704. The molecular weight excluding hydrogens is 327 g/mol. The number of nitrogens with one attached hydrogen (secondary N) is 1. The number of carbonyl (C=O) groups excluding carboxylic acids is 1. The Balaban J connectivity index is 1.42. The van der Waals surface area contributed by atoms with Crippen LogP contribution in [-0.2, 0) is 9.53 Å². The van der Waals surface area contributed by atoms with Crippen molar-refractivity contribution >= 4 is 11.9 Å². The zero-order chi connectivity index (χ0) is 17.4. The van der Waals surface area contributed by atoms with E-state index < -0.39 is 11.4 Å². The lowest BCUT2D eigenvalue weighted by Gasteiger charge is -2.37. The van der Waals surface area contributed by atoms with Crippen LogP contribution in [0.4, 0.5) is 10.3 Å². The third kappa shape index (κ3) is 3.40. The number of piperazine rings is 1. The van der Waals surface area contributed by atoms with Crippen molar-refractivity contribution in [1.29, 1.82) is 0 Å². The lowest BCUT2D eigenvalue weighted by atomic mass is 10.1. The van der Waals surface area contributed by atoms with Gasteiger partial charge in [-0.1, -0.05) is 0 Å². The Hall–Kier alpha value is -1.96. The number of hydrogen-bond acceptors (Lipinski definition) is 5. The van der Waals surface area contributed by atoms with E-state index in [0.717, 1.165) is 32.1 Å². The Kier molecular flexibility index (Phi) is 4.45. The summed E-state index contributed by atoms with van der Waals surface area (Å²) in [6.07, 6.45) is 4.29. The molecule has 1 atom stereocenters. The molecule has 0 spiro atoms. The molecule has 4 rings (SSSR count). The lowest BCUT2D eigenvalue weighted by Crippen LogP contribution is -2.53. The van der Waals surface area contributed by atoms with Crippen LogP contribution in [0.5, 0.6) is 0 Å². The van der Waals surface area contributed by atoms with Crippen LogP contribution in [0.3, 0.4) is 0 Å². The number of ether oxygens (including phenoxy) is 1. The molecule has 1 aromatic heterocycles. The lowest BCUT2D eigenvalue weighted by molar-refractivity contribution is -0.146. The largest absolute Gasteiger partial charge is 0.368 e. The average molecular weight is 350 g/mol. The summed E-state index contributed by atoms with van der Waals surface area (Å²) in [4.78, 5) is 35.0. The van der Waals surface area contributed by atoms with Crippen LogP contribution in [0.1, 0.15) is 43.7 Å². The van der Waals surface area contributed by atoms with E-state index in [2.05, 4.69) is 9.97 Å². The Morgan fingerprint density at radius 1 is 1.16 bits per heavy atom. The molecule has 0 bridgehead atoms. The summed E-state index contributed by atoms with van der Waals surface area (Å²) in [6, 6.07) is 0. The first-order chi connectivity index (χ1) is 12.1. The number of amides is 1. The summed E-state index contributed by atoms with van der Waals surface area (Å²) in [6.45, 7) is 2.90. The van der Waals surface area contributed by atoms with E-state index in [1.54, 1.807) is 0 Å². The van der Waals surface area contributed by atoms with Crippen molar-refractivity contribution < 1.29 is 13.9 Å². The molecule has 0 radical (unpaired) electrons.